The van der Waals surface area contributed by atoms with Crippen molar-refractivity contribution in [1.82, 2.24) is 0 Å². The van der Waals surface area contributed by atoms with Gasteiger partial charge >= 0.3 is 0 Å². The molecule has 0 bridgehead atoms. The lowest BCUT2D eigenvalue weighted by molar-refractivity contribution is 0.0120. The molecular formula is C13H17BrO2. The van der Waals surface area contributed by atoms with Gasteiger partial charge in [-0.2, -0.15) is 0 Å². The molecule has 16 heavy (non-hydrogen) atoms. The van der Waals surface area contributed by atoms with Crippen molar-refractivity contribution in [3.63, 3.8) is 0 Å². The Labute approximate surface area is 104 Å². The molecule has 0 aromatic heterocycles. The third kappa shape index (κ3) is 2.47. The van der Waals surface area contributed by atoms with Crippen LogP contribution in [-0.2, 0) is 12.8 Å². The lowest BCUT2D eigenvalue weighted by Crippen LogP contribution is -2.36. The standard InChI is InChI=1S/C13H17BrO2/c14-12-4-1-3-10-9-13(16,6-2-8-15)7-5-11(10)12/h1,3-4,15-16H,2,5-9H2. The van der Waals surface area contributed by atoms with Crippen LogP contribution in [0.3, 0.4) is 0 Å². The Balaban J connectivity index is 2.17. The Bertz CT molecular complexity index is 378. The van der Waals surface area contributed by atoms with Crippen LogP contribution in [0.2, 0.25) is 0 Å². The summed E-state index contributed by atoms with van der Waals surface area (Å²) < 4.78 is 1.15. The van der Waals surface area contributed by atoms with Gasteiger partial charge in [0.25, 0.3) is 0 Å². The van der Waals surface area contributed by atoms with Gasteiger partial charge in [-0.25, -0.2) is 0 Å². The second kappa shape index (κ2) is 4.86. The normalized spacial score (nSPS) is 24.2. The number of fused-ring (bicyclic) bond motifs is 1. The van der Waals surface area contributed by atoms with Gasteiger partial charge in [0.1, 0.15) is 0 Å². The van der Waals surface area contributed by atoms with Crippen LogP contribution in [0.5, 0.6) is 0 Å². The highest BCUT2D eigenvalue weighted by Gasteiger charge is 2.31. The molecule has 2 N–H and O–H groups in total. The predicted molar refractivity (Wildman–Crippen MR) is 67.4 cm³/mol. The highest BCUT2D eigenvalue weighted by atomic mass is 79.9. The zero-order valence-electron chi connectivity index (χ0n) is 9.25. The second-order valence-electron chi connectivity index (χ2n) is 4.61. The van der Waals surface area contributed by atoms with Gasteiger partial charge in [0.2, 0.25) is 0 Å². The fourth-order valence-electron chi connectivity index (χ4n) is 2.47. The third-order valence-electron chi connectivity index (χ3n) is 3.38. The van der Waals surface area contributed by atoms with E-state index < -0.39 is 5.60 Å². The van der Waals surface area contributed by atoms with Gasteiger partial charge in [-0.1, -0.05) is 28.1 Å². The SMILES string of the molecule is OCCCC1(O)CCc2c(Br)cccc2C1. The zero-order valence-corrected chi connectivity index (χ0v) is 10.8. The summed E-state index contributed by atoms with van der Waals surface area (Å²) in [6.45, 7) is 0.160. The average Bonchev–Trinajstić information content (AvgIpc) is 2.26. The van der Waals surface area contributed by atoms with E-state index in [-0.39, 0.29) is 6.61 Å². The first-order valence-electron chi connectivity index (χ1n) is 5.74. The zero-order chi connectivity index (χ0) is 11.6. The van der Waals surface area contributed by atoms with Crippen LogP contribution in [0.4, 0.5) is 0 Å². The van der Waals surface area contributed by atoms with Crippen molar-refractivity contribution in [3.05, 3.63) is 33.8 Å². The van der Waals surface area contributed by atoms with Crippen LogP contribution in [0.15, 0.2) is 22.7 Å². The fourth-order valence-corrected chi connectivity index (χ4v) is 3.08. The molecule has 1 atom stereocenters. The monoisotopic (exact) mass is 284 g/mol. The lowest BCUT2D eigenvalue weighted by atomic mass is 9.78. The molecule has 1 unspecified atom stereocenters. The third-order valence-corrected chi connectivity index (χ3v) is 4.12. The molecular weight excluding hydrogens is 268 g/mol. The maximum absolute atomic E-state index is 10.4. The first-order chi connectivity index (χ1) is 7.64. The molecule has 0 heterocycles. The van der Waals surface area contributed by atoms with Gasteiger partial charge in [-0.15, -0.1) is 0 Å². The maximum Gasteiger partial charge on any atom is 0.0692 e. The Kier molecular flexibility index (Phi) is 3.67. The molecule has 0 fully saturated rings. The van der Waals surface area contributed by atoms with Crippen molar-refractivity contribution in [1.29, 1.82) is 0 Å². The Morgan fingerprint density at radius 3 is 2.94 bits per heavy atom. The van der Waals surface area contributed by atoms with Crippen molar-refractivity contribution in [3.8, 4) is 0 Å². The van der Waals surface area contributed by atoms with Crippen LogP contribution in [0.25, 0.3) is 0 Å². The first kappa shape index (κ1) is 12.1. The minimum Gasteiger partial charge on any atom is -0.396 e. The minimum absolute atomic E-state index is 0.160. The molecule has 0 saturated carbocycles. The molecule has 88 valence electrons. The van der Waals surface area contributed by atoms with Gasteiger partial charge in [-0.05, 0) is 42.9 Å². The van der Waals surface area contributed by atoms with E-state index in [0.29, 0.717) is 19.3 Å². The van der Waals surface area contributed by atoms with Crippen LogP contribution >= 0.6 is 15.9 Å². The van der Waals surface area contributed by atoms with Crippen LogP contribution < -0.4 is 0 Å². The van der Waals surface area contributed by atoms with E-state index in [1.54, 1.807) is 0 Å². The van der Waals surface area contributed by atoms with E-state index >= 15 is 0 Å². The highest BCUT2D eigenvalue weighted by Crippen LogP contribution is 2.35. The molecule has 2 nitrogen and oxygen atoms in total. The summed E-state index contributed by atoms with van der Waals surface area (Å²) in [5, 5.41) is 19.2. The number of hydrogen-bond donors (Lipinski definition) is 2. The molecule has 0 spiro atoms. The van der Waals surface area contributed by atoms with E-state index in [4.69, 9.17) is 5.11 Å². The number of hydrogen-bond acceptors (Lipinski definition) is 2. The van der Waals surface area contributed by atoms with Crippen LogP contribution in [-0.4, -0.2) is 22.4 Å². The molecule has 1 aromatic carbocycles. The molecule has 0 amide bonds. The summed E-state index contributed by atoms with van der Waals surface area (Å²) >= 11 is 3.55. The van der Waals surface area contributed by atoms with Crippen molar-refractivity contribution in [2.45, 2.75) is 37.7 Å². The van der Waals surface area contributed by atoms with Gasteiger partial charge < -0.3 is 10.2 Å². The van der Waals surface area contributed by atoms with E-state index in [2.05, 4.69) is 28.1 Å². The van der Waals surface area contributed by atoms with Crippen LogP contribution in [0, 0.1) is 0 Å². The largest absolute Gasteiger partial charge is 0.396 e. The number of rotatable bonds is 3. The van der Waals surface area contributed by atoms with Gasteiger partial charge in [0, 0.05) is 17.5 Å². The number of aliphatic hydroxyl groups excluding tert-OH is 1. The predicted octanol–water partition coefficient (Wildman–Crippen LogP) is 2.44. The average molecular weight is 285 g/mol. The van der Waals surface area contributed by atoms with Crippen molar-refractivity contribution in [2.75, 3.05) is 6.61 Å². The topological polar surface area (TPSA) is 40.5 Å². The summed E-state index contributed by atoms with van der Waals surface area (Å²) in [5.41, 5.74) is 1.95. The molecule has 0 saturated heterocycles. The Hall–Kier alpha value is -0.380. The Morgan fingerprint density at radius 1 is 1.38 bits per heavy atom. The van der Waals surface area contributed by atoms with Crippen molar-refractivity contribution in [2.24, 2.45) is 0 Å². The minimum atomic E-state index is -0.615. The summed E-state index contributed by atoms with van der Waals surface area (Å²) in [5.74, 6) is 0. The quantitative estimate of drug-likeness (QED) is 0.895. The van der Waals surface area contributed by atoms with Gasteiger partial charge in [-0.3, -0.25) is 0 Å². The lowest BCUT2D eigenvalue weighted by Gasteiger charge is -2.34. The fraction of sp³-hybridized carbons (Fsp3) is 0.538. The first-order valence-corrected chi connectivity index (χ1v) is 6.53. The molecule has 2 rings (SSSR count). The molecule has 3 heteroatoms. The van der Waals surface area contributed by atoms with Gasteiger partial charge in [0.15, 0.2) is 0 Å². The molecule has 0 aliphatic heterocycles. The summed E-state index contributed by atoms with van der Waals surface area (Å²) in [4.78, 5) is 0. The van der Waals surface area contributed by atoms with Crippen LogP contribution in [0.1, 0.15) is 30.4 Å². The summed E-state index contributed by atoms with van der Waals surface area (Å²) in [6.07, 6.45) is 3.79. The maximum atomic E-state index is 10.4. The van der Waals surface area contributed by atoms with Gasteiger partial charge in [0.05, 0.1) is 5.60 Å². The van der Waals surface area contributed by atoms with E-state index in [1.165, 1.54) is 11.1 Å². The Morgan fingerprint density at radius 2 is 2.19 bits per heavy atom. The van der Waals surface area contributed by atoms with E-state index in [0.717, 1.165) is 17.3 Å². The van der Waals surface area contributed by atoms with Crippen molar-refractivity contribution < 1.29 is 10.2 Å². The number of benzene rings is 1. The molecule has 1 aliphatic rings. The highest BCUT2D eigenvalue weighted by molar-refractivity contribution is 9.10. The van der Waals surface area contributed by atoms with E-state index in [9.17, 15) is 5.11 Å². The van der Waals surface area contributed by atoms with Crippen molar-refractivity contribution >= 4 is 15.9 Å². The summed E-state index contributed by atoms with van der Waals surface area (Å²) in [7, 11) is 0. The number of halogens is 1. The second-order valence-corrected chi connectivity index (χ2v) is 5.46. The molecule has 1 aliphatic carbocycles. The molecule has 0 radical (unpaired) electrons. The summed E-state index contributed by atoms with van der Waals surface area (Å²) in [6, 6.07) is 6.15. The van der Waals surface area contributed by atoms with E-state index in [1.807, 2.05) is 6.07 Å². The molecule has 1 aromatic rings. The smallest absolute Gasteiger partial charge is 0.0692 e. The number of aliphatic hydroxyl groups is 2.